The van der Waals surface area contributed by atoms with Crippen molar-refractivity contribution < 1.29 is 9.50 Å². The van der Waals surface area contributed by atoms with E-state index in [0.717, 1.165) is 5.56 Å². The van der Waals surface area contributed by atoms with E-state index in [0.29, 0.717) is 12.1 Å². The molecule has 20 heavy (non-hydrogen) atoms. The van der Waals surface area contributed by atoms with Crippen molar-refractivity contribution in [3.8, 4) is 6.07 Å². The highest BCUT2D eigenvalue weighted by Crippen LogP contribution is 2.16. The molecule has 0 bridgehead atoms. The van der Waals surface area contributed by atoms with Crippen LogP contribution in [0.4, 0.5) is 10.1 Å². The number of hydrogen-bond donors (Lipinski definition) is 2. The third kappa shape index (κ3) is 3.81. The maximum atomic E-state index is 13.3. The van der Waals surface area contributed by atoms with Crippen LogP contribution in [0.5, 0.6) is 0 Å². The lowest BCUT2D eigenvalue weighted by atomic mass is 10.1. The van der Waals surface area contributed by atoms with Gasteiger partial charge in [0, 0.05) is 5.69 Å². The average Bonchev–Trinajstić information content (AvgIpc) is 2.47. The highest BCUT2D eigenvalue weighted by atomic mass is 19.1. The topological polar surface area (TPSA) is 56.0 Å². The fourth-order valence-corrected chi connectivity index (χ4v) is 2.03. The lowest BCUT2D eigenvalue weighted by Crippen LogP contribution is -2.26. The van der Waals surface area contributed by atoms with Gasteiger partial charge in [0.2, 0.25) is 0 Å². The first-order chi connectivity index (χ1) is 9.71. The third-order valence-electron chi connectivity index (χ3n) is 2.94. The van der Waals surface area contributed by atoms with Crippen LogP contribution in [-0.2, 0) is 6.42 Å². The van der Waals surface area contributed by atoms with Crippen molar-refractivity contribution in [1.82, 2.24) is 0 Å². The smallest absolute Gasteiger partial charge is 0.126 e. The number of anilines is 1. The molecule has 1 atom stereocenters. The van der Waals surface area contributed by atoms with Crippen LogP contribution in [0.3, 0.4) is 0 Å². The van der Waals surface area contributed by atoms with Gasteiger partial charge in [-0.05, 0) is 30.2 Å². The number of nitrogens with one attached hydrogen (secondary N) is 1. The minimum atomic E-state index is -0.469. The van der Waals surface area contributed by atoms with Crippen molar-refractivity contribution in [2.75, 3.05) is 11.9 Å². The largest absolute Gasteiger partial charge is 0.394 e. The van der Waals surface area contributed by atoms with Gasteiger partial charge >= 0.3 is 0 Å². The summed E-state index contributed by atoms with van der Waals surface area (Å²) in [5.74, 6) is -0.469. The molecule has 0 fully saturated rings. The minimum absolute atomic E-state index is 0.0761. The summed E-state index contributed by atoms with van der Waals surface area (Å²) in [6.07, 6.45) is 0.621. The Labute approximate surface area is 117 Å². The first-order valence-corrected chi connectivity index (χ1v) is 6.33. The minimum Gasteiger partial charge on any atom is -0.394 e. The molecule has 102 valence electrons. The van der Waals surface area contributed by atoms with E-state index >= 15 is 0 Å². The summed E-state index contributed by atoms with van der Waals surface area (Å²) in [4.78, 5) is 0. The van der Waals surface area contributed by atoms with Gasteiger partial charge in [0.25, 0.3) is 0 Å². The molecule has 2 aromatic rings. The van der Waals surface area contributed by atoms with Gasteiger partial charge in [0.15, 0.2) is 0 Å². The molecule has 0 aliphatic carbocycles. The van der Waals surface area contributed by atoms with Crippen LogP contribution in [0, 0.1) is 17.1 Å². The number of halogens is 1. The second kappa shape index (κ2) is 6.69. The summed E-state index contributed by atoms with van der Waals surface area (Å²) in [6.45, 7) is -0.0761. The summed E-state index contributed by atoms with van der Waals surface area (Å²) in [5.41, 5.74) is 1.83. The van der Waals surface area contributed by atoms with Crippen LogP contribution in [0.1, 0.15) is 11.1 Å². The summed E-state index contributed by atoms with van der Waals surface area (Å²) in [5, 5.41) is 21.3. The molecule has 0 amide bonds. The van der Waals surface area contributed by atoms with E-state index in [1.807, 2.05) is 36.4 Å². The first kappa shape index (κ1) is 14.0. The Bertz CT molecular complexity index is 608. The number of nitriles is 1. The average molecular weight is 270 g/mol. The van der Waals surface area contributed by atoms with Gasteiger partial charge in [-0.15, -0.1) is 0 Å². The van der Waals surface area contributed by atoms with E-state index in [-0.39, 0.29) is 18.2 Å². The Kier molecular flexibility index (Phi) is 4.70. The fourth-order valence-electron chi connectivity index (χ4n) is 2.03. The van der Waals surface area contributed by atoms with Gasteiger partial charge in [-0.25, -0.2) is 4.39 Å². The third-order valence-corrected chi connectivity index (χ3v) is 2.94. The lowest BCUT2D eigenvalue weighted by Gasteiger charge is -2.18. The van der Waals surface area contributed by atoms with E-state index in [9.17, 15) is 9.50 Å². The molecular weight excluding hydrogens is 255 g/mol. The number of aliphatic hydroxyl groups excluding tert-OH is 1. The van der Waals surface area contributed by atoms with E-state index < -0.39 is 5.82 Å². The maximum absolute atomic E-state index is 13.3. The number of aliphatic hydroxyl groups is 1. The molecule has 2 rings (SSSR count). The lowest BCUT2D eigenvalue weighted by molar-refractivity contribution is 0.273. The van der Waals surface area contributed by atoms with Crippen LogP contribution in [0.15, 0.2) is 48.5 Å². The number of hydrogen-bond acceptors (Lipinski definition) is 3. The van der Waals surface area contributed by atoms with Gasteiger partial charge in [-0.1, -0.05) is 30.3 Å². The monoisotopic (exact) mass is 270 g/mol. The zero-order valence-electron chi connectivity index (χ0n) is 10.9. The second-order valence-electron chi connectivity index (χ2n) is 4.55. The summed E-state index contributed by atoms with van der Waals surface area (Å²) in [6, 6.07) is 15.5. The van der Waals surface area contributed by atoms with Crippen molar-refractivity contribution in [2.24, 2.45) is 0 Å². The number of nitrogens with zero attached hydrogens (tertiary/aromatic N) is 1. The normalized spacial score (nSPS) is 11.7. The highest BCUT2D eigenvalue weighted by molar-refractivity contribution is 5.50. The molecule has 1 unspecified atom stereocenters. The van der Waals surface area contributed by atoms with Crippen molar-refractivity contribution in [3.05, 3.63) is 65.5 Å². The van der Waals surface area contributed by atoms with E-state index in [2.05, 4.69) is 5.32 Å². The predicted octanol–water partition coefficient (Wildman–Crippen LogP) is 2.71. The Morgan fingerprint density at radius 1 is 1.20 bits per heavy atom. The Morgan fingerprint density at radius 3 is 2.60 bits per heavy atom. The zero-order chi connectivity index (χ0) is 14.4. The van der Waals surface area contributed by atoms with Crippen LogP contribution in [0.25, 0.3) is 0 Å². The quantitative estimate of drug-likeness (QED) is 0.878. The van der Waals surface area contributed by atoms with Gasteiger partial charge in [-0.2, -0.15) is 5.26 Å². The molecule has 0 heterocycles. The molecule has 0 aromatic heterocycles. The van der Waals surface area contributed by atoms with E-state index in [4.69, 9.17) is 5.26 Å². The van der Waals surface area contributed by atoms with Crippen molar-refractivity contribution in [3.63, 3.8) is 0 Å². The fraction of sp³-hybridized carbons (Fsp3) is 0.188. The van der Waals surface area contributed by atoms with Gasteiger partial charge in [0.1, 0.15) is 5.82 Å². The summed E-state index contributed by atoms with van der Waals surface area (Å²) < 4.78 is 13.3. The Morgan fingerprint density at radius 2 is 1.95 bits per heavy atom. The van der Waals surface area contributed by atoms with Crippen LogP contribution in [-0.4, -0.2) is 17.8 Å². The van der Waals surface area contributed by atoms with Gasteiger partial charge in [0.05, 0.1) is 24.3 Å². The standard InChI is InChI=1S/C16H15FN2O/c17-14-6-13(10-18)8-15(9-14)19-16(11-20)7-12-4-2-1-3-5-12/h1-6,8-9,16,19-20H,7,11H2. The predicted molar refractivity (Wildman–Crippen MR) is 75.8 cm³/mol. The van der Waals surface area contributed by atoms with E-state index in [1.165, 1.54) is 12.1 Å². The molecule has 0 saturated carbocycles. The van der Waals surface area contributed by atoms with Crippen LogP contribution in [0.2, 0.25) is 0 Å². The Balaban J connectivity index is 2.10. The molecule has 0 aliphatic rings. The van der Waals surface area contributed by atoms with Crippen molar-refractivity contribution in [1.29, 1.82) is 5.26 Å². The number of rotatable bonds is 5. The molecule has 2 N–H and O–H groups in total. The van der Waals surface area contributed by atoms with Gasteiger partial charge in [-0.3, -0.25) is 0 Å². The highest BCUT2D eigenvalue weighted by Gasteiger charge is 2.09. The molecule has 0 spiro atoms. The van der Waals surface area contributed by atoms with Crippen LogP contribution < -0.4 is 5.32 Å². The summed E-state index contributed by atoms with van der Waals surface area (Å²) in [7, 11) is 0. The molecule has 0 aliphatic heterocycles. The molecule has 4 heteroatoms. The van der Waals surface area contributed by atoms with Crippen LogP contribution >= 0.6 is 0 Å². The van der Waals surface area contributed by atoms with Crippen molar-refractivity contribution in [2.45, 2.75) is 12.5 Å². The molecule has 0 radical (unpaired) electrons. The SMILES string of the molecule is N#Cc1cc(F)cc(NC(CO)Cc2ccccc2)c1. The Hall–Kier alpha value is -2.38. The molecule has 2 aromatic carbocycles. The summed E-state index contributed by atoms with van der Waals surface area (Å²) >= 11 is 0. The molecule has 0 saturated heterocycles. The molecular formula is C16H15FN2O. The van der Waals surface area contributed by atoms with E-state index in [1.54, 1.807) is 6.07 Å². The number of benzene rings is 2. The maximum Gasteiger partial charge on any atom is 0.126 e. The van der Waals surface area contributed by atoms with Crippen molar-refractivity contribution >= 4 is 5.69 Å². The zero-order valence-corrected chi connectivity index (χ0v) is 10.9. The first-order valence-electron chi connectivity index (χ1n) is 6.33. The second-order valence-corrected chi connectivity index (χ2v) is 4.55. The van der Waals surface area contributed by atoms with Gasteiger partial charge < -0.3 is 10.4 Å². The molecule has 3 nitrogen and oxygen atoms in total.